The van der Waals surface area contributed by atoms with Crippen molar-refractivity contribution in [3.8, 4) is 0 Å². The molecule has 2 saturated heterocycles. The van der Waals surface area contributed by atoms with Gasteiger partial charge in [0, 0.05) is 58.1 Å². The second-order valence-corrected chi connectivity index (χ2v) is 9.23. The van der Waals surface area contributed by atoms with E-state index in [0.717, 1.165) is 64.3 Å². The monoisotopic (exact) mass is 556 g/mol. The van der Waals surface area contributed by atoms with Gasteiger partial charge in [-0.15, -0.1) is 24.0 Å². The lowest BCUT2D eigenvalue weighted by atomic mass is 9.80. The van der Waals surface area contributed by atoms with Crippen LogP contribution in [0.4, 0.5) is 5.82 Å². The second kappa shape index (κ2) is 12.9. The molecule has 0 bridgehead atoms. The summed E-state index contributed by atoms with van der Waals surface area (Å²) in [7, 11) is 1.86. The molecule has 3 aliphatic rings. The lowest BCUT2D eigenvalue weighted by Gasteiger charge is -2.48. The average molecular weight is 557 g/mol. The molecule has 0 unspecified atom stereocenters. The molecule has 3 heterocycles. The van der Waals surface area contributed by atoms with Gasteiger partial charge in [0.1, 0.15) is 5.82 Å². The number of ether oxygens (including phenoxy) is 1. The molecule has 2 N–H and O–H groups in total. The predicted octanol–water partition coefficient (Wildman–Crippen LogP) is 3.39. The van der Waals surface area contributed by atoms with Crippen molar-refractivity contribution in [1.82, 2.24) is 20.5 Å². The van der Waals surface area contributed by atoms with Crippen molar-refractivity contribution in [2.24, 2.45) is 4.99 Å². The zero-order valence-electron chi connectivity index (χ0n) is 19.7. The molecule has 1 saturated carbocycles. The standard InChI is InChI=1S/C24H40N6O.HI/c1-25-23(27-19-21-8-11-26-22(18-21)29-12-6-3-7-13-29)28-20-24(9-4-2-5-10-24)30-14-16-31-17-15-30;/h8,11,18H,2-7,9-10,12-17,19-20H2,1H3,(H2,25,27,28);1H. The molecule has 0 radical (unpaired) electrons. The molecule has 32 heavy (non-hydrogen) atoms. The number of piperidine rings is 1. The fraction of sp³-hybridized carbons (Fsp3) is 0.750. The van der Waals surface area contributed by atoms with E-state index in [1.807, 2.05) is 13.2 Å². The number of hydrogen-bond donors (Lipinski definition) is 2. The van der Waals surface area contributed by atoms with Crippen molar-refractivity contribution < 1.29 is 4.74 Å². The molecule has 0 amide bonds. The summed E-state index contributed by atoms with van der Waals surface area (Å²) in [6, 6.07) is 4.33. The van der Waals surface area contributed by atoms with Gasteiger partial charge >= 0.3 is 0 Å². The molecule has 4 rings (SSSR count). The van der Waals surface area contributed by atoms with Crippen LogP contribution in [0.15, 0.2) is 23.3 Å². The number of halogens is 1. The van der Waals surface area contributed by atoms with Crippen LogP contribution in [-0.2, 0) is 11.3 Å². The summed E-state index contributed by atoms with van der Waals surface area (Å²) in [5.74, 6) is 1.99. The van der Waals surface area contributed by atoms with Crippen LogP contribution < -0.4 is 15.5 Å². The van der Waals surface area contributed by atoms with Crippen molar-refractivity contribution in [3.63, 3.8) is 0 Å². The van der Waals surface area contributed by atoms with Crippen molar-refractivity contribution >= 4 is 35.8 Å². The number of rotatable bonds is 6. The maximum atomic E-state index is 5.62. The largest absolute Gasteiger partial charge is 0.379 e. The first-order valence-electron chi connectivity index (χ1n) is 12.3. The lowest BCUT2D eigenvalue weighted by Crippen LogP contribution is -2.60. The van der Waals surface area contributed by atoms with Crippen LogP contribution in [0, 0.1) is 0 Å². The molecule has 7 nitrogen and oxygen atoms in total. The topological polar surface area (TPSA) is 65.0 Å². The third kappa shape index (κ3) is 6.70. The van der Waals surface area contributed by atoms with Crippen molar-refractivity contribution in [3.05, 3.63) is 23.9 Å². The Morgan fingerprint density at radius 2 is 1.75 bits per heavy atom. The number of anilines is 1. The summed E-state index contributed by atoms with van der Waals surface area (Å²) < 4.78 is 5.62. The van der Waals surface area contributed by atoms with Gasteiger partial charge in [-0.05, 0) is 49.8 Å². The fourth-order valence-electron chi connectivity index (χ4n) is 5.37. The van der Waals surface area contributed by atoms with Crippen LogP contribution in [0.25, 0.3) is 0 Å². The van der Waals surface area contributed by atoms with Gasteiger partial charge in [0.05, 0.1) is 13.2 Å². The minimum atomic E-state index is 0. The summed E-state index contributed by atoms with van der Waals surface area (Å²) in [6.07, 6.45) is 12.3. The van der Waals surface area contributed by atoms with Crippen LogP contribution in [-0.4, -0.2) is 74.4 Å². The van der Waals surface area contributed by atoms with E-state index in [1.54, 1.807) is 0 Å². The van der Waals surface area contributed by atoms with Crippen LogP contribution >= 0.6 is 24.0 Å². The zero-order valence-corrected chi connectivity index (χ0v) is 22.0. The van der Waals surface area contributed by atoms with Gasteiger partial charge < -0.3 is 20.3 Å². The lowest BCUT2D eigenvalue weighted by molar-refractivity contribution is -0.0352. The summed E-state index contributed by atoms with van der Waals surface area (Å²) >= 11 is 0. The van der Waals surface area contributed by atoms with Crippen molar-refractivity contribution in [2.45, 2.75) is 63.5 Å². The summed E-state index contributed by atoms with van der Waals surface area (Å²) in [5.41, 5.74) is 1.48. The Balaban J connectivity index is 0.00000289. The fourth-order valence-corrected chi connectivity index (χ4v) is 5.37. The zero-order chi connectivity index (χ0) is 21.4. The van der Waals surface area contributed by atoms with E-state index in [9.17, 15) is 0 Å². The van der Waals surface area contributed by atoms with Crippen LogP contribution in [0.5, 0.6) is 0 Å². The minimum Gasteiger partial charge on any atom is -0.379 e. The molecule has 180 valence electrons. The maximum Gasteiger partial charge on any atom is 0.191 e. The van der Waals surface area contributed by atoms with Gasteiger partial charge in [-0.2, -0.15) is 0 Å². The summed E-state index contributed by atoms with van der Waals surface area (Å²) in [6.45, 7) is 7.75. The number of nitrogens with zero attached hydrogens (tertiary/aromatic N) is 4. The highest BCUT2D eigenvalue weighted by atomic mass is 127. The number of hydrogen-bond acceptors (Lipinski definition) is 5. The number of morpholine rings is 1. The van der Waals surface area contributed by atoms with Crippen LogP contribution in [0.1, 0.15) is 56.9 Å². The molecule has 3 fully saturated rings. The Bertz CT molecular complexity index is 712. The molecule has 1 aromatic heterocycles. The van der Waals surface area contributed by atoms with Crippen molar-refractivity contribution in [1.29, 1.82) is 0 Å². The average Bonchev–Trinajstić information content (AvgIpc) is 2.86. The summed E-state index contributed by atoms with van der Waals surface area (Å²) in [5, 5.41) is 7.18. The van der Waals surface area contributed by atoms with Gasteiger partial charge in [0.15, 0.2) is 5.96 Å². The van der Waals surface area contributed by atoms with Gasteiger partial charge in [0.25, 0.3) is 0 Å². The smallest absolute Gasteiger partial charge is 0.191 e. The van der Waals surface area contributed by atoms with E-state index < -0.39 is 0 Å². The number of aromatic nitrogens is 1. The minimum absolute atomic E-state index is 0. The molecular weight excluding hydrogens is 515 g/mol. The highest BCUT2D eigenvalue weighted by molar-refractivity contribution is 14.0. The highest BCUT2D eigenvalue weighted by Gasteiger charge is 2.38. The number of nitrogens with one attached hydrogen (secondary N) is 2. The third-order valence-electron chi connectivity index (χ3n) is 7.22. The molecule has 0 aromatic carbocycles. The molecular formula is C24H41IN6O. The summed E-state index contributed by atoms with van der Waals surface area (Å²) in [4.78, 5) is 14.2. The van der Waals surface area contributed by atoms with E-state index in [1.165, 1.54) is 56.9 Å². The van der Waals surface area contributed by atoms with Gasteiger partial charge in [-0.1, -0.05) is 19.3 Å². The number of pyridine rings is 1. The van der Waals surface area contributed by atoms with Crippen molar-refractivity contribution in [2.75, 3.05) is 57.9 Å². The Morgan fingerprint density at radius 1 is 1.03 bits per heavy atom. The van der Waals surface area contributed by atoms with Gasteiger partial charge in [-0.3, -0.25) is 9.89 Å². The van der Waals surface area contributed by atoms with Crippen LogP contribution in [0.3, 0.4) is 0 Å². The Kier molecular flexibility index (Phi) is 10.3. The Hall–Kier alpha value is -1.13. The van der Waals surface area contributed by atoms with Crippen LogP contribution in [0.2, 0.25) is 0 Å². The first kappa shape index (κ1) is 25.5. The molecule has 1 aliphatic carbocycles. The Labute approximate surface area is 210 Å². The molecule has 8 heteroatoms. The predicted molar refractivity (Wildman–Crippen MR) is 142 cm³/mol. The number of guanidine groups is 1. The third-order valence-corrected chi connectivity index (χ3v) is 7.22. The maximum absolute atomic E-state index is 5.62. The highest BCUT2D eigenvalue weighted by Crippen LogP contribution is 2.33. The van der Waals surface area contributed by atoms with E-state index in [-0.39, 0.29) is 29.5 Å². The van der Waals surface area contributed by atoms with E-state index in [2.05, 4.69) is 42.5 Å². The van der Waals surface area contributed by atoms with Gasteiger partial charge in [0.2, 0.25) is 0 Å². The van der Waals surface area contributed by atoms with E-state index >= 15 is 0 Å². The molecule has 2 aliphatic heterocycles. The SMILES string of the molecule is CN=C(NCc1ccnc(N2CCCCC2)c1)NCC1(N2CCOCC2)CCCCC1.I. The quantitative estimate of drug-likeness (QED) is 0.318. The Morgan fingerprint density at radius 3 is 2.47 bits per heavy atom. The first-order chi connectivity index (χ1) is 15.3. The van der Waals surface area contributed by atoms with E-state index in [0.29, 0.717) is 0 Å². The normalized spacial score (nSPS) is 22.2. The second-order valence-electron chi connectivity index (χ2n) is 9.23. The van der Waals surface area contributed by atoms with Gasteiger partial charge in [-0.25, -0.2) is 4.98 Å². The first-order valence-corrected chi connectivity index (χ1v) is 12.3. The molecule has 1 aromatic rings. The number of aliphatic imine (C=N–C) groups is 1. The van der Waals surface area contributed by atoms with E-state index in [4.69, 9.17) is 4.74 Å². The molecule has 0 spiro atoms. The molecule has 0 atom stereocenters.